The van der Waals surface area contributed by atoms with Gasteiger partial charge in [0, 0.05) is 12.5 Å². The molecule has 0 fully saturated rings. The van der Waals surface area contributed by atoms with Crippen molar-refractivity contribution in [3.05, 3.63) is 48.0 Å². The van der Waals surface area contributed by atoms with E-state index in [0.717, 1.165) is 5.56 Å². The first-order valence-corrected chi connectivity index (χ1v) is 6.85. The second-order valence-electron chi connectivity index (χ2n) is 5.01. The predicted molar refractivity (Wildman–Crippen MR) is 79.2 cm³/mol. The third-order valence-corrected chi connectivity index (χ3v) is 2.72. The highest BCUT2D eigenvalue weighted by Gasteiger charge is 2.07. The molecular weight excluding hydrogens is 254 g/mol. The van der Waals surface area contributed by atoms with Crippen molar-refractivity contribution in [3.8, 4) is 0 Å². The number of nitrogens with one attached hydrogen (secondary N) is 1. The third kappa shape index (κ3) is 6.95. The van der Waals surface area contributed by atoms with Gasteiger partial charge >= 0.3 is 6.09 Å². The molecule has 0 aliphatic heterocycles. The molecule has 1 aromatic carbocycles. The second kappa shape index (κ2) is 9.15. The molecule has 1 rings (SSSR count). The molecule has 0 unspecified atom stereocenters. The van der Waals surface area contributed by atoms with Crippen LogP contribution in [0.25, 0.3) is 0 Å². The molecule has 0 saturated heterocycles. The zero-order valence-electron chi connectivity index (χ0n) is 12.1. The van der Waals surface area contributed by atoms with Gasteiger partial charge in [0.2, 0.25) is 0 Å². The summed E-state index contributed by atoms with van der Waals surface area (Å²) in [6, 6.07) is 9.50. The molecule has 4 nitrogen and oxygen atoms in total. The normalized spacial score (nSPS) is 12.6. The Balaban J connectivity index is 2.28. The van der Waals surface area contributed by atoms with Gasteiger partial charge in [-0.25, -0.2) is 4.79 Å². The molecule has 0 aliphatic rings. The molecule has 0 radical (unpaired) electrons. The van der Waals surface area contributed by atoms with Gasteiger partial charge in [0.1, 0.15) is 6.61 Å². The number of benzene rings is 1. The summed E-state index contributed by atoms with van der Waals surface area (Å²) in [4.78, 5) is 11.5. The van der Waals surface area contributed by atoms with Crippen molar-refractivity contribution in [2.75, 3.05) is 13.2 Å². The number of carbonyl (C=O) groups excluding carboxylic acids is 1. The summed E-state index contributed by atoms with van der Waals surface area (Å²) in [6.45, 7) is 4.74. The van der Waals surface area contributed by atoms with Crippen LogP contribution in [-0.4, -0.2) is 24.4 Å². The quantitative estimate of drug-likeness (QED) is 0.753. The number of aliphatic hydroxyl groups is 1. The number of aliphatic hydroxyl groups excluding tert-OH is 1. The highest BCUT2D eigenvalue weighted by Crippen LogP contribution is 2.03. The van der Waals surface area contributed by atoms with Crippen LogP contribution in [0.3, 0.4) is 0 Å². The number of hydrogen-bond donors (Lipinski definition) is 2. The number of carbonyl (C=O) groups is 1. The maximum Gasteiger partial charge on any atom is 0.407 e. The molecule has 110 valence electrons. The Kier molecular flexibility index (Phi) is 7.43. The number of hydrogen-bond acceptors (Lipinski definition) is 3. The van der Waals surface area contributed by atoms with Crippen LogP contribution < -0.4 is 5.32 Å². The summed E-state index contributed by atoms with van der Waals surface area (Å²) in [5.41, 5.74) is 0.945. The minimum Gasteiger partial charge on any atom is -0.445 e. The Morgan fingerprint density at radius 3 is 2.60 bits per heavy atom. The van der Waals surface area contributed by atoms with Gasteiger partial charge in [0.15, 0.2) is 0 Å². The summed E-state index contributed by atoms with van der Waals surface area (Å²) in [5, 5.41) is 11.9. The minimum absolute atomic E-state index is 0.00217. The summed E-state index contributed by atoms with van der Waals surface area (Å²) < 4.78 is 5.09. The molecule has 1 aromatic rings. The Morgan fingerprint density at radius 2 is 2.00 bits per heavy atom. The van der Waals surface area contributed by atoms with Crippen LogP contribution >= 0.6 is 0 Å². The monoisotopic (exact) mass is 277 g/mol. The Labute approximate surface area is 120 Å². The second-order valence-corrected chi connectivity index (χ2v) is 5.01. The van der Waals surface area contributed by atoms with E-state index in [0.29, 0.717) is 12.5 Å². The fourth-order valence-corrected chi connectivity index (χ4v) is 1.56. The topological polar surface area (TPSA) is 58.6 Å². The lowest BCUT2D eigenvalue weighted by atomic mass is 10.1. The fraction of sp³-hybridized carbons (Fsp3) is 0.438. The highest BCUT2D eigenvalue weighted by atomic mass is 16.5. The molecule has 0 aliphatic carbocycles. The van der Waals surface area contributed by atoms with Gasteiger partial charge in [-0.05, 0) is 11.5 Å². The van der Waals surface area contributed by atoms with Gasteiger partial charge in [0.05, 0.1) is 6.61 Å². The van der Waals surface area contributed by atoms with Crippen LogP contribution in [-0.2, 0) is 11.3 Å². The zero-order chi connectivity index (χ0) is 14.8. The van der Waals surface area contributed by atoms with Gasteiger partial charge in [0.25, 0.3) is 0 Å². The van der Waals surface area contributed by atoms with Crippen LogP contribution in [0.2, 0.25) is 0 Å². The summed E-state index contributed by atoms with van der Waals surface area (Å²) in [5.74, 6) is 0.343. The van der Waals surface area contributed by atoms with Crippen LogP contribution in [0.4, 0.5) is 4.79 Å². The summed E-state index contributed by atoms with van der Waals surface area (Å²) >= 11 is 0. The van der Waals surface area contributed by atoms with Crippen LogP contribution in [0.1, 0.15) is 19.4 Å². The number of rotatable bonds is 7. The molecule has 0 spiro atoms. The van der Waals surface area contributed by atoms with E-state index in [1.54, 1.807) is 0 Å². The van der Waals surface area contributed by atoms with Crippen molar-refractivity contribution in [1.82, 2.24) is 5.32 Å². The van der Waals surface area contributed by atoms with Crippen LogP contribution in [0, 0.1) is 11.8 Å². The van der Waals surface area contributed by atoms with Gasteiger partial charge in [-0.3, -0.25) is 0 Å². The first kappa shape index (κ1) is 16.2. The van der Waals surface area contributed by atoms with E-state index >= 15 is 0 Å². The van der Waals surface area contributed by atoms with E-state index in [1.165, 1.54) is 0 Å². The number of allylic oxidation sites excluding steroid dienone is 1. The van der Waals surface area contributed by atoms with Crippen molar-refractivity contribution < 1.29 is 14.6 Å². The van der Waals surface area contributed by atoms with Gasteiger partial charge in [-0.1, -0.05) is 56.3 Å². The Morgan fingerprint density at radius 1 is 1.30 bits per heavy atom. The highest BCUT2D eigenvalue weighted by molar-refractivity contribution is 5.67. The molecule has 0 saturated carbocycles. The lowest BCUT2D eigenvalue weighted by Gasteiger charge is -2.12. The maximum absolute atomic E-state index is 11.5. The van der Waals surface area contributed by atoms with Crippen LogP contribution in [0.5, 0.6) is 0 Å². The van der Waals surface area contributed by atoms with E-state index in [9.17, 15) is 9.90 Å². The summed E-state index contributed by atoms with van der Waals surface area (Å²) in [6.07, 6.45) is 3.46. The van der Waals surface area contributed by atoms with E-state index in [-0.39, 0.29) is 19.1 Å². The lowest BCUT2D eigenvalue weighted by molar-refractivity contribution is 0.137. The van der Waals surface area contributed by atoms with E-state index in [2.05, 4.69) is 19.2 Å². The first-order valence-electron chi connectivity index (χ1n) is 6.85. The van der Waals surface area contributed by atoms with E-state index in [4.69, 9.17) is 4.74 Å². The van der Waals surface area contributed by atoms with Gasteiger partial charge in [-0.2, -0.15) is 0 Å². The number of alkyl carbamates (subject to hydrolysis) is 1. The molecule has 1 atom stereocenters. The molecule has 0 heterocycles. The SMILES string of the molecule is CC(C)/C=C/[C@@H](CO)CNC(=O)OCc1ccccc1. The number of amides is 1. The first-order chi connectivity index (χ1) is 9.61. The van der Waals surface area contributed by atoms with E-state index in [1.807, 2.05) is 42.5 Å². The van der Waals surface area contributed by atoms with Gasteiger partial charge < -0.3 is 15.2 Å². The fourth-order valence-electron chi connectivity index (χ4n) is 1.56. The molecule has 20 heavy (non-hydrogen) atoms. The largest absolute Gasteiger partial charge is 0.445 e. The summed E-state index contributed by atoms with van der Waals surface area (Å²) in [7, 11) is 0. The molecule has 4 heteroatoms. The molecule has 0 bridgehead atoms. The predicted octanol–water partition coefficient (Wildman–Crippen LogP) is 2.73. The van der Waals surface area contributed by atoms with Crippen LogP contribution in [0.15, 0.2) is 42.5 Å². The molecule has 2 N–H and O–H groups in total. The van der Waals surface area contributed by atoms with Crippen molar-refractivity contribution in [2.24, 2.45) is 11.8 Å². The Hall–Kier alpha value is -1.81. The van der Waals surface area contributed by atoms with E-state index < -0.39 is 6.09 Å². The average Bonchev–Trinajstić information content (AvgIpc) is 2.46. The smallest absolute Gasteiger partial charge is 0.407 e. The Bertz CT molecular complexity index is 415. The molecule has 0 aromatic heterocycles. The van der Waals surface area contributed by atoms with Crippen molar-refractivity contribution in [2.45, 2.75) is 20.5 Å². The van der Waals surface area contributed by atoms with Crippen molar-refractivity contribution in [1.29, 1.82) is 0 Å². The average molecular weight is 277 g/mol. The van der Waals surface area contributed by atoms with Crippen molar-refractivity contribution >= 4 is 6.09 Å². The maximum atomic E-state index is 11.5. The third-order valence-electron chi connectivity index (χ3n) is 2.72. The van der Waals surface area contributed by atoms with Gasteiger partial charge in [-0.15, -0.1) is 0 Å². The minimum atomic E-state index is -0.467. The van der Waals surface area contributed by atoms with Crippen molar-refractivity contribution in [3.63, 3.8) is 0 Å². The molecule has 1 amide bonds. The lowest BCUT2D eigenvalue weighted by Crippen LogP contribution is -2.30. The zero-order valence-corrected chi connectivity index (χ0v) is 12.1. The molecular formula is C16H23NO3. The number of ether oxygens (including phenoxy) is 1. The standard InChI is InChI=1S/C16H23NO3/c1-13(2)8-9-15(11-18)10-17-16(19)20-12-14-6-4-3-5-7-14/h3-9,13,15,18H,10-12H2,1-2H3,(H,17,19)/b9-8+/t15-/m1/s1.